The Balaban J connectivity index is 3.78. The SMILES string of the molecule is CCCCCCCCCC/C=C\CCCCCCCCC(O)C(=O)NC(CO)C(O)C(O)CCC/C=C/CCCCCCCCCCCCCC. The zero-order valence-electron chi connectivity index (χ0n) is 33.9. The lowest BCUT2D eigenvalue weighted by atomic mass is 10.00. The van der Waals surface area contributed by atoms with Gasteiger partial charge in [-0.3, -0.25) is 4.79 Å². The lowest BCUT2D eigenvalue weighted by molar-refractivity contribution is -0.132. The average Bonchev–Trinajstić information content (AvgIpc) is 3.13. The number of unbranched alkanes of at least 4 members (excludes halogenated alkanes) is 27. The summed E-state index contributed by atoms with van der Waals surface area (Å²) in [7, 11) is 0. The number of hydrogen-bond acceptors (Lipinski definition) is 5. The molecule has 0 rings (SSSR count). The Bertz CT molecular complexity index is 772. The van der Waals surface area contributed by atoms with Crippen LogP contribution < -0.4 is 5.32 Å². The second kappa shape index (κ2) is 40.0. The van der Waals surface area contributed by atoms with Gasteiger partial charge in [-0.25, -0.2) is 0 Å². The number of amides is 1. The Morgan fingerprint density at radius 3 is 1.18 bits per heavy atom. The predicted octanol–water partition coefficient (Wildman–Crippen LogP) is 11.6. The van der Waals surface area contributed by atoms with Crippen molar-refractivity contribution in [2.45, 2.75) is 250 Å². The van der Waals surface area contributed by atoms with Crippen LogP contribution >= 0.6 is 0 Å². The van der Waals surface area contributed by atoms with Gasteiger partial charge in [0, 0.05) is 0 Å². The zero-order valence-corrected chi connectivity index (χ0v) is 33.9. The predicted molar refractivity (Wildman–Crippen MR) is 219 cm³/mol. The van der Waals surface area contributed by atoms with Crippen molar-refractivity contribution in [1.82, 2.24) is 5.32 Å². The first-order valence-electron chi connectivity index (χ1n) is 22.2. The number of carbonyl (C=O) groups excluding carboxylic acids is 1. The van der Waals surface area contributed by atoms with Crippen LogP contribution in [0, 0.1) is 0 Å². The van der Waals surface area contributed by atoms with Gasteiger partial charge in [-0.05, 0) is 64.2 Å². The van der Waals surface area contributed by atoms with E-state index >= 15 is 0 Å². The number of aliphatic hydroxyl groups is 4. The van der Waals surface area contributed by atoms with Gasteiger partial charge >= 0.3 is 0 Å². The molecule has 0 aliphatic heterocycles. The van der Waals surface area contributed by atoms with Crippen molar-refractivity contribution in [1.29, 1.82) is 0 Å². The van der Waals surface area contributed by atoms with Crippen molar-refractivity contribution in [3.8, 4) is 0 Å². The summed E-state index contributed by atoms with van der Waals surface area (Å²) < 4.78 is 0. The van der Waals surface area contributed by atoms with E-state index in [9.17, 15) is 25.2 Å². The van der Waals surface area contributed by atoms with Gasteiger partial charge in [0.2, 0.25) is 5.91 Å². The van der Waals surface area contributed by atoms with Gasteiger partial charge in [-0.1, -0.05) is 186 Å². The minimum Gasteiger partial charge on any atom is -0.394 e. The van der Waals surface area contributed by atoms with Crippen molar-refractivity contribution in [2.75, 3.05) is 6.61 Å². The van der Waals surface area contributed by atoms with Gasteiger partial charge in [0.05, 0.1) is 18.8 Å². The highest BCUT2D eigenvalue weighted by atomic mass is 16.3. The van der Waals surface area contributed by atoms with Gasteiger partial charge in [-0.15, -0.1) is 0 Å². The third kappa shape index (κ3) is 34.3. The minimum absolute atomic E-state index is 0.357. The van der Waals surface area contributed by atoms with E-state index in [1.165, 1.54) is 154 Å². The summed E-state index contributed by atoms with van der Waals surface area (Å²) in [6.45, 7) is 4.04. The molecule has 4 atom stereocenters. The van der Waals surface area contributed by atoms with E-state index in [2.05, 4.69) is 43.5 Å². The highest BCUT2D eigenvalue weighted by Gasteiger charge is 2.28. The first kappa shape index (κ1) is 49.8. The van der Waals surface area contributed by atoms with Gasteiger partial charge in [0.1, 0.15) is 12.2 Å². The lowest BCUT2D eigenvalue weighted by Gasteiger charge is -2.27. The third-order valence-electron chi connectivity index (χ3n) is 10.4. The first-order chi connectivity index (χ1) is 25.0. The molecule has 51 heavy (non-hydrogen) atoms. The van der Waals surface area contributed by atoms with E-state index in [-0.39, 0.29) is 0 Å². The maximum absolute atomic E-state index is 12.5. The fourth-order valence-electron chi connectivity index (χ4n) is 6.81. The van der Waals surface area contributed by atoms with Crippen LogP contribution in [0.3, 0.4) is 0 Å². The van der Waals surface area contributed by atoms with Crippen LogP contribution in [0.1, 0.15) is 226 Å². The molecule has 6 nitrogen and oxygen atoms in total. The topological polar surface area (TPSA) is 110 Å². The Morgan fingerprint density at radius 2 is 0.804 bits per heavy atom. The quantitative estimate of drug-likeness (QED) is 0.0320. The number of aliphatic hydroxyl groups excluding tert-OH is 4. The molecular formula is C45H87NO5. The summed E-state index contributed by atoms with van der Waals surface area (Å²) in [6.07, 6.45) is 44.9. The molecule has 6 heteroatoms. The fraction of sp³-hybridized carbons (Fsp3) is 0.889. The highest BCUT2D eigenvalue weighted by Crippen LogP contribution is 2.15. The summed E-state index contributed by atoms with van der Waals surface area (Å²) in [5.74, 6) is -0.597. The molecule has 0 aliphatic rings. The van der Waals surface area contributed by atoms with Gasteiger partial charge in [-0.2, -0.15) is 0 Å². The number of rotatable bonds is 40. The monoisotopic (exact) mass is 722 g/mol. The van der Waals surface area contributed by atoms with Crippen LogP contribution in [-0.2, 0) is 4.79 Å². The van der Waals surface area contributed by atoms with Crippen molar-refractivity contribution in [3.05, 3.63) is 24.3 Å². The Kier molecular flexibility index (Phi) is 39.0. The molecule has 0 saturated carbocycles. The van der Waals surface area contributed by atoms with Crippen molar-refractivity contribution >= 4 is 5.91 Å². The number of hydrogen-bond donors (Lipinski definition) is 5. The van der Waals surface area contributed by atoms with Gasteiger partial charge in [0.15, 0.2) is 0 Å². The second-order valence-electron chi connectivity index (χ2n) is 15.4. The van der Waals surface area contributed by atoms with E-state index in [4.69, 9.17) is 0 Å². The van der Waals surface area contributed by atoms with Crippen LogP contribution in [0.2, 0.25) is 0 Å². The van der Waals surface area contributed by atoms with E-state index in [1.807, 2.05) is 0 Å². The molecule has 0 aliphatic carbocycles. The number of nitrogens with one attached hydrogen (secondary N) is 1. The fourth-order valence-corrected chi connectivity index (χ4v) is 6.81. The standard InChI is InChI=1S/C45H87NO5/c1-3-5-7-9-11-13-15-17-19-21-23-25-27-29-31-33-35-37-39-43(49)45(51)46-41(40-47)44(50)42(48)38-36-34-32-30-28-26-24-22-20-18-16-14-12-10-8-6-4-2/h21,23,30,32,41-44,47-50H,3-20,22,24-29,31,33-40H2,1-2H3,(H,46,51)/b23-21-,32-30+. The van der Waals surface area contributed by atoms with Crippen LogP contribution in [0.15, 0.2) is 24.3 Å². The van der Waals surface area contributed by atoms with Crippen LogP contribution in [0.5, 0.6) is 0 Å². The molecule has 0 bridgehead atoms. The van der Waals surface area contributed by atoms with Crippen molar-refractivity contribution in [2.24, 2.45) is 0 Å². The van der Waals surface area contributed by atoms with Crippen LogP contribution in [-0.4, -0.2) is 57.3 Å². The molecule has 0 spiro atoms. The average molecular weight is 722 g/mol. The Hall–Kier alpha value is -1.21. The zero-order chi connectivity index (χ0) is 37.5. The maximum atomic E-state index is 12.5. The van der Waals surface area contributed by atoms with Crippen LogP contribution in [0.4, 0.5) is 0 Å². The normalized spacial score (nSPS) is 14.4. The van der Waals surface area contributed by atoms with Gasteiger partial charge < -0.3 is 25.7 Å². The smallest absolute Gasteiger partial charge is 0.249 e. The number of carbonyl (C=O) groups is 1. The molecule has 0 aromatic rings. The molecule has 0 aromatic carbocycles. The Morgan fingerprint density at radius 1 is 0.471 bits per heavy atom. The summed E-state index contributed by atoms with van der Waals surface area (Å²) >= 11 is 0. The third-order valence-corrected chi connectivity index (χ3v) is 10.4. The Labute approximate surface area is 316 Å². The summed E-state index contributed by atoms with van der Waals surface area (Å²) in [5, 5.41) is 43.6. The molecule has 0 aromatic heterocycles. The molecule has 0 fully saturated rings. The van der Waals surface area contributed by atoms with Crippen molar-refractivity contribution < 1.29 is 25.2 Å². The molecular weight excluding hydrogens is 634 g/mol. The summed E-state index contributed by atoms with van der Waals surface area (Å²) in [5.41, 5.74) is 0. The van der Waals surface area contributed by atoms with E-state index in [0.717, 1.165) is 44.9 Å². The minimum atomic E-state index is -1.28. The molecule has 1 amide bonds. The number of allylic oxidation sites excluding steroid dienone is 4. The molecule has 5 N–H and O–H groups in total. The highest BCUT2D eigenvalue weighted by molar-refractivity contribution is 5.80. The van der Waals surface area contributed by atoms with Crippen LogP contribution in [0.25, 0.3) is 0 Å². The van der Waals surface area contributed by atoms with E-state index in [1.54, 1.807) is 0 Å². The summed E-state index contributed by atoms with van der Waals surface area (Å²) in [6, 6.07) is -1.00. The largest absolute Gasteiger partial charge is 0.394 e. The molecule has 302 valence electrons. The van der Waals surface area contributed by atoms with Gasteiger partial charge in [0.25, 0.3) is 0 Å². The van der Waals surface area contributed by atoms with E-state index in [0.29, 0.717) is 12.8 Å². The second-order valence-corrected chi connectivity index (χ2v) is 15.4. The molecule has 4 unspecified atom stereocenters. The molecule has 0 heterocycles. The molecule has 0 saturated heterocycles. The maximum Gasteiger partial charge on any atom is 0.249 e. The van der Waals surface area contributed by atoms with Crippen molar-refractivity contribution in [3.63, 3.8) is 0 Å². The van der Waals surface area contributed by atoms with E-state index < -0.39 is 36.9 Å². The lowest BCUT2D eigenvalue weighted by Crippen LogP contribution is -2.53. The molecule has 0 radical (unpaired) electrons. The first-order valence-corrected chi connectivity index (χ1v) is 22.2. The summed E-state index contributed by atoms with van der Waals surface area (Å²) in [4.78, 5) is 12.5.